The predicted molar refractivity (Wildman–Crippen MR) is 96.5 cm³/mol. The molecule has 26 heavy (non-hydrogen) atoms. The highest BCUT2D eigenvalue weighted by Crippen LogP contribution is 2.27. The van der Waals surface area contributed by atoms with Gasteiger partial charge in [-0.15, -0.1) is 0 Å². The number of para-hydroxylation sites is 1. The summed E-state index contributed by atoms with van der Waals surface area (Å²) in [5, 5.41) is 2.66. The first-order valence-electron chi connectivity index (χ1n) is 8.33. The van der Waals surface area contributed by atoms with Gasteiger partial charge < -0.3 is 10.2 Å². The Morgan fingerprint density at radius 1 is 1.27 bits per heavy atom. The minimum atomic E-state index is -3.04. The fourth-order valence-corrected chi connectivity index (χ4v) is 4.87. The molecule has 1 aromatic heterocycles. The van der Waals surface area contributed by atoms with Crippen LogP contribution in [-0.2, 0) is 9.84 Å². The molecular formula is C17H20F2N4O2S. The average Bonchev–Trinajstić information content (AvgIpc) is 2.91. The molecule has 3 rings (SSSR count). The van der Waals surface area contributed by atoms with Crippen LogP contribution in [0.4, 0.5) is 26.1 Å². The van der Waals surface area contributed by atoms with Crippen LogP contribution in [0.2, 0.25) is 0 Å². The monoisotopic (exact) mass is 382 g/mol. The van der Waals surface area contributed by atoms with Gasteiger partial charge in [0.05, 0.1) is 11.5 Å². The lowest BCUT2D eigenvalue weighted by Crippen LogP contribution is -2.37. The second-order valence-electron chi connectivity index (χ2n) is 6.22. The number of aryl methyl sites for hydroxylation is 1. The molecule has 1 atom stereocenters. The second-order valence-corrected chi connectivity index (χ2v) is 8.45. The van der Waals surface area contributed by atoms with E-state index in [1.165, 1.54) is 6.07 Å². The maximum Gasteiger partial charge on any atom is 0.152 e. The smallest absolute Gasteiger partial charge is 0.152 e. The van der Waals surface area contributed by atoms with Gasteiger partial charge in [-0.2, -0.15) is 0 Å². The normalized spacial score (nSPS) is 18.7. The van der Waals surface area contributed by atoms with Crippen molar-refractivity contribution in [1.29, 1.82) is 0 Å². The molecule has 1 saturated heterocycles. The lowest BCUT2D eigenvalue weighted by atomic mass is 10.2. The maximum atomic E-state index is 13.9. The molecule has 1 aromatic carbocycles. The van der Waals surface area contributed by atoms with Crippen LogP contribution < -0.4 is 10.2 Å². The number of nitrogens with one attached hydrogen (secondary N) is 1. The topological polar surface area (TPSA) is 75.2 Å². The third kappa shape index (κ3) is 3.92. The van der Waals surface area contributed by atoms with E-state index in [4.69, 9.17) is 0 Å². The van der Waals surface area contributed by atoms with Crippen molar-refractivity contribution in [3.63, 3.8) is 0 Å². The molecule has 1 N–H and O–H groups in total. The van der Waals surface area contributed by atoms with E-state index in [1.807, 2.05) is 11.8 Å². The van der Waals surface area contributed by atoms with Crippen molar-refractivity contribution in [3.05, 3.63) is 41.7 Å². The molecule has 0 saturated carbocycles. The Balaban J connectivity index is 1.92. The SMILES string of the molecule is CCN(c1cc(Nc2c(F)cccc2F)nc(C)n1)C1CCS(=O)(=O)C1. The van der Waals surface area contributed by atoms with Crippen molar-refractivity contribution in [3.8, 4) is 0 Å². The highest BCUT2D eigenvalue weighted by Gasteiger charge is 2.32. The molecule has 1 aliphatic heterocycles. The molecule has 2 heterocycles. The molecule has 9 heteroatoms. The van der Waals surface area contributed by atoms with Crippen molar-refractivity contribution < 1.29 is 17.2 Å². The van der Waals surface area contributed by atoms with Crippen LogP contribution >= 0.6 is 0 Å². The van der Waals surface area contributed by atoms with Gasteiger partial charge in [0.25, 0.3) is 0 Å². The van der Waals surface area contributed by atoms with Crippen molar-refractivity contribution >= 4 is 27.2 Å². The summed E-state index contributed by atoms with van der Waals surface area (Å²) in [6.07, 6.45) is 0.532. The number of sulfone groups is 1. The summed E-state index contributed by atoms with van der Waals surface area (Å²) < 4.78 is 51.3. The molecule has 1 fully saturated rings. The third-order valence-electron chi connectivity index (χ3n) is 4.32. The Bertz CT molecular complexity index is 901. The van der Waals surface area contributed by atoms with E-state index in [9.17, 15) is 17.2 Å². The van der Waals surface area contributed by atoms with Crippen molar-refractivity contribution in [2.45, 2.75) is 26.3 Å². The molecule has 140 valence electrons. The van der Waals surface area contributed by atoms with Crippen LogP contribution in [0.15, 0.2) is 24.3 Å². The number of anilines is 3. The Hall–Kier alpha value is -2.29. The van der Waals surface area contributed by atoms with E-state index in [0.29, 0.717) is 24.6 Å². The van der Waals surface area contributed by atoms with Gasteiger partial charge in [0.1, 0.15) is 34.8 Å². The predicted octanol–water partition coefficient (Wildman–Crippen LogP) is 2.82. The lowest BCUT2D eigenvalue weighted by Gasteiger charge is -2.28. The summed E-state index contributed by atoms with van der Waals surface area (Å²) in [5.74, 6) is -0.0226. The van der Waals surface area contributed by atoms with Crippen molar-refractivity contribution in [2.75, 3.05) is 28.3 Å². The molecule has 0 radical (unpaired) electrons. The molecule has 0 spiro atoms. The number of halogens is 2. The van der Waals surface area contributed by atoms with E-state index < -0.39 is 21.5 Å². The number of hydrogen-bond acceptors (Lipinski definition) is 6. The Morgan fingerprint density at radius 3 is 2.54 bits per heavy atom. The highest BCUT2D eigenvalue weighted by molar-refractivity contribution is 7.91. The molecule has 1 aliphatic rings. The highest BCUT2D eigenvalue weighted by atomic mass is 32.2. The van der Waals surface area contributed by atoms with Crippen LogP contribution in [0.5, 0.6) is 0 Å². The minimum Gasteiger partial charge on any atom is -0.353 e. The first kappa shape index (κ1) is 18.5. The molecule has 6 nitrogen and oxygen atoms in total. The Labute approximate surface area is 151 Å². The van der Waals surface area contributed by atoms with E-state index >= 15 is 0 Å². The zero-order valence-corrected chi connectivity index (χ0v) is 15.4. The quantitative estimate of drug-likeness (QED) is 0.857. The largest absolute Gasteiger partial charge is 0.353 e. The van der Waals surface area contributed by atoms with Crippen LogP contribution in [0.25, 0.3) is 0 Å². The number of benzene rings is 1. The van der Waals surface area contributed by atoms with E-state index in [-0.39, 0.29) is 29.1 Å². The summed E-state index contributed by atoms with van der Waals surface area (Å²) in [6.45, 7) is 4.14. The molecule has 1 unspecified atom stereocenters. The Kier molecular flexibility index (Phi) is 5.08. The number of rotatable bonds is 5. The number of aromatic nitrogens is 2. The van der Waals surface area contributed by atoms with Gasteiger partial charge in [-0.25, -0.2) is 27.2 Å². The maximum absolute atomic E-state index is 13.9. The zero-order chi connectivity index (χ0) is 18.9. The number of hydrogen-bond donors (Lipinski definition) is 1. The van der Waals surface area contributed by atoms with E-state index in [2.05, 4.69) is 15.3 Å². The molecule has 2 aromatic rings. The van der Waals surface area contributed by atoms with Crippen LogP contribution in [-0.4, -0.2) is 42.5 Å². The molecular weight excluding hydrogens is 362 g/mol. The van der Waals surface area contributed by atoms with Crippen LogP contribution in [0.3, 0.4) is 0 Å². The minimum absolute atomic E-state index is 0.0780. The standard InChI is InChI=1S/C17H20F2N4O2S/c1-3-23(12-7-8-26(24,25)10-12)16-9-15(20-11(2)21-16)22-17-13(18)5-4-6-14(17)19/h4-6,9,12H,3,7-8,10H2,1-2H3,(H,20,21,22). The number of nitrogens with zero attached hydrogens (tertiary/aromatic N) is 3. The summed E-state index contributed by atoms with van der Waals surface area (Å²) in [4.78, 5) is 10.5. The van der Waals surface area contributed by atoms with Gasteiger partial charge in [0, 0.05) is 18.7 Å². The van der Waals surface area contributed by atoms with Gasteiger partial charge in [-0.3, -0.25) is 0 Å². The van der Waals surface area contributed by atoms with Crippen molar-refractivity contribution in [1.82, 2.24) is 9.97 Å². The zero-order valence-electron chi connectivity index (χ0n) is 14.5. The molecule has 0 bridgehead atoms. The van der Waals surface area contributed by atoms with Gasteiger partial charge >= 0.3 is 0 Å². The van der Waals surface area contributed by atoms with E-state index in [1.54, 1.807) is 13.0 Å². The van der Waals surface area contributed by atoms with E-state index in [0.717, 1.165) is 12.1 Å². The summed E-state index contributed by atoms with van der Waals surface area (Å²) in [6, 6.07) is 5.00. The van der Waals surface area contributed by atoms with Gasteiger partial charge in [-0.05, 0) is 32.4 Å². The van der Waals surface area contributed by atoms with Gasteiger partial charge in [0.2, 0.25) is 0 Å². The fourth-order valence-electron chi connectivity index (χ4n) is 3.14. The van der Waals surface area contributed by atoms with Crippen molar-refractivity contribution in [2.24, 2.45) is 0 Å². The van der Waals surface area contributed by atoms with Crippen LogP contribution in [0.1, 0.15) is 19.2 Å². The first-order valence-corrected chi connectivity index (χ1v) is 10.1. The van der Waals surface area contributed by atoms with Gasteiger partial charge in [-0.1, -0.05) is 6.07 Å². The fraction of sp³-hybridized carbons (Fsp3) is 0.412. The third-order valence-corrected chi connectivity index (χ3v) is 6.07. The summed E-state index contributed by atoms with van der Waals surface area (Å²) in [5.41, 5.74) is -0.289. The van der Waals surface area contributed by atoms with Crippen LogP contribution in [0, 0.1) is 18.6 Å². The second kappa shape index (κ2) is 7.14. The summed E-state index contributed by atoms with van der Waals surface area (Å²) >= 11 is 0. The first-order chi connectivity index (χ1) is 12.3. The molecule has 0 aliphatic carbocycles. The molecule has 0 amide bonds. The van der Waals surface area contributed by atoms with Gasteiger partial charge in [0.15, 0.2) is 9.84 Å². The average molecular weight is 382 g/mol. The summed E-state index contributed by atoms with van der Waals surface area (Å²) in [7, 11) is -3.04. The Morgan fingerprint density at radius 2 is 1.96 bits per heavy atom. The lowest BCUT2D eigenvalue weighted by molar-refractivity contribution is 0.590.